The minimum absolute atomic E-state index is 0.890. The summed E-state index contributed by atoms with van der Waals surface area (Å²) >= 11 is 0. The van der Waals surface area contributed by atoms with Crippen LogP contribution in [0.3, 0.4) is 0 Å². The zero-order valence-electron chi connectivity index (χ0n) is 9.41. The van der Waals surface area contributed by atoms with Crippen molar-refractivity contribution in [2.24, 2.45) is 0 Å². The Kier molecular flexibility index (Phi) is 3.75. The third-order valence-corrected chi connectivity index (χ3v) is 2.98. The molecule has 1 aliphatic rings. The highest BCUT2D eigenvalue weighted by molar-refractivity contribution is 5.30. The summed E-state index contributed by atoms with van der Waals surface area (Å²) in [5, 5.41) is 0. The molecule has 82 valence electrons. The van der Waals surface area contributed by atoms with Crippen LogP contribution in [0, 0.1) is 0 Å². The molecule has 0 aromatic heterocycles. The highest BCUT2D eigenvalue weighted by atomic mass is 16.5. The van der Waals surface area contributed by atoms with Crippen LogP contribution in [0.2, 0.25) is 0 Å². The Morgan fingerprint density at radius 2 is 1.80 bits per heavy atom. The number of benzene rings is 1. The fourth-order valence-electron chi connectivity index (χ4n) is 2.14. The van der Waals surface area contributed by atoms with Gasteiger partial charge in [-0.15, -0.1) is 0 Å². The van der Waals surface area contributed by atoms with Crippen molar-refractivity contribution in [3.05, 3.63) is 35.4 Å². The van der Waals surface area contributed by atoms with E-state index in [9.17, 15) is 0 Å². The van der Waals surface area contributed by atoms with Crippen LogP contribution in [0.1, 0.15) is 24.0 Å². The van der Waals surface area contributed by atoms with Gasteiger partial charge in [0.05, 0.1) is 0 Å². The van der Waals surface area contributed by atoms with E-state index in [0.29, 0.717) is 0 Å². The maximum atomic E-state index is 5.05. The maximum Gasteiger partial charge on any atom is 0.0462 e. The number of rotatable bonds is 5. The van der Waals surface area contributed by atoms with Crippen molar-refractivity contribution in [2.45, 2.75) is 25.9 Å². The third kappa shape index (κ3) is 2.80. The van der Waals surface area contributed by atoms with E-state index >= 15 is 0 Å². The number of hydrogen-bond donors (Lipinski definition) is 0. The van der Waals surface area contributed by atoms with Crippen molar-refractivity contribution in [2.75, 3.05) is 20.3 Å². The molecule has 0 aliphatic carbocycles. The van der Waals surface area contributed by atoms with Gasteiger partial charge in [-0.25, -0.2) is 0 Å². The molecular weight excluding hydrogens is 186 g/mol. The van der Waals surface area contributed by atoms with E-state index in [0.717, 1.165) is 19.7 Å². The van der Waals surface area contributed by atoms with Gasteiger partial charge in [-0.1, -0.05) is 24.3 Å². The molecule has 15 heavy (non-hydrogen) atoms. The molecule has 2 nitrogen and oxygen atoms in total. The number of hydrogen-bond acceptors (Lipinski definition) is 2. The maximum absolute atomic E-state index is 5.05. The minimum Gasteiger partial charge on any atom is -0.385 e. The Labute approximate surface area is 91.9 Å². The van der Waals surface area contributed by atoms with Crippen LogP contribution in [0.4, 0.5) is 0 Å². The molecule has 0 atom stereocenters. The van der Waals surface area contributed by atoms with E-state index in [2.05, 4.69) is 29.2 Å². The fourth-order valence-corrected chi connectivity index (χ4v) is 2.14. The zero-order chi connectivity index (χ0) is 10.5. The predicted molar refractivity (Wildman–Crippen MR) is 61.7 cm³/mol. The van der Waals surface area contributed by atoms with Gasteiger partial charge in [-0.05, 0) is 30.5 Å². The lowest BCUT2D eigenvalue weighted by Gasteiger charge is -2.13. The topological polar surface area (TPSA) is 12.5 Å². The average Bonchev–Trinajstić information content (AvgIpc) is 2.67. The second kappa shape index (κ2) is 5.29. The Hall–Kier alpha value is -0.860. The molecule has 0 fully saturated rings. The number of unbranched alkanes of at least 4 members (excludes halogenated alkanes) is 1. The summed E-state index contributed by atoms with van der Waals surface area (Å²) in [6.07, 6.45) is 2.41. The van der Waals surface area contributed by atoms with Gasteiger partial charge < -0.3 is 4.74 Å². The van der Waals surface area contributed by atoms with E-state index < -0.39 is 0 Å². The van der Waals surface area contributed by atoms with Gasteiger partial charge in [0.1, 0.15) is 0 Å². The molecule has 0 amide bonds. The first-order valence-corrected chi connectivity index (χ1v) is 5.68. The second-order valence-corrected chi connectivity index (χ2v) is 4.18. The number of methoxy groups -OCH3 is 1. The van der Waals surface area contributed by atoms with Gasteiger partial charge in [0.25, 0.3) is 0 Å². The summed E-state index contributed by atoms with van der Waals surface area (Å²) in [7, 11) is 1.77. The molecule has 0 N–H and O–H groups in total. The molecular formula is C13H19NO. The molecule has 1 heterocycles. The normalized spacial score (nSPS) is 15.5. The quantitative estimate of drug-likeness (QED) is 0.684. The Balaban J connectivity index is 1.76. The lowest BCUT2D eigenvalue weighted by atomic mass is 10.1. The van der Waals surface area contributed by atoms with Crippen molar-refractivity contribution < 1.29 is 4.74 Å². The molecule has 1 aliphatic heterocycles. The summed E-state index contributed by atoms with van der Waals surface area (Å²) in [6, 6.07) is 8.75. The molecule has 0 unspecified atom stereocenters. The van der Waals surface area contributed by atoms with Crippen LogP contribution in [-0.2, 0) is 17.8 Å². The molecule has 0 spiro atoms. The monoisotopic (exact) mass is 205 g/mol. The van der Waals surface area contributed by atoms with Gasteiger partial charge in [0.2, 0.25) is 0 Å². The summed E-state index contributed by atoms with van der Waals surface area (Å²) in [5.74, 6) is 0. The zero-order valence-corrected chi connectivity index (χ0v) is 9.41. The van der Waals surface area contributed by atoms with Gasteiger partial charge in [-0.3, -0.25) is 4.90 Å². The molecule has 0 saturated heterocycles. The van der Waals surface area contributed by atoms with Gasteiger partial charge in [0, 0.05) is 26.8 Å². The standard InChI is InChI=1S/C13H19NO/c1-15-9-5-4-8-14-10-12-6-2-3-7-13(12)11-14/h2-3,6-7H,4-5,8-11H2,1H3. The molecule has 0 saturated carbocycles. The second-order valence-electron chi connectivity index (χ2n) is 4.18. The summed E-state index contributed by atoms with van der Waals surface area (Å²) < 4.78 is 5.05. The molecule has 2 heteroatoms. The predicted octanol–water partition coefficient (Wildman–Crippen LogP) is 2.43. The Morgan fingerprint density at radius 3 is 2.40 bits per heavy atom. The van der Waals surface area contributed by atoms with E-state index in [-0.39, 0.29) is 0 Å². The van der Waals surface area contributed by atoms with E-state index in [4.69, 9.17) is 4.74 Å². The van der Waals surface area contributed by atoms with E-state index in [1.807, 2.05) is 0 Å². The number of ether oxygens (including phenoxy) is 1. The van der Waals surface area contributed by atoms with Crippen LogP contribution in [0.25, 0.3) is 0 Å². The highest BCUT2D eigenvalue weighted by Gasteiger charge is 2.16. The lowest BCUT2D eigenvalue weighted by Crippen LogP contribution is -2.17. The van der Waals surface area contributed by atoms with Crippen LogP contribution in [0.15, 0.2) is 24.3 Å². The molecule has 1 aromatic carbocycles. The first-order chi connectivity index (χ1) is 7.40. The summed E-state index contributed by atoms with van der Waals surface area (Å²) in [4.78, 5) is 2.51. The van der Waals surface area contributed by atoms with Crippen LogP contribution < -0.4 is 0 Å². The van der Waals surface area contributed by atoms with Crippen molar-refractivity contribution in [3.8, 4) is 0 Å². The molecule has 0 radical (unpaired) electrons. The number of fused-ring (bicyclic) bond motifs is 1. The summed E-state index contributed by atoms with van der Waals surface area (Å²) in [5.41, 5.74) is 3.01. The Bertz CT molecular complexity index is 286. The largest absolute Gasteiger partial charge is 0.385 e. The van der Waals surface area contributed by atoms with E-state index in [1.165, 1.54) is 30.5 Å². The molecule has 2 rings (SSSR count). The van der Waals surface area contributed by atoms with Crippen molar-refractivity contribution in [1.82, 2.24) is 4.90 Å². The van der Waals surface area contributed by atoms with Crippen molar-refractivity contribution >= 4 is 0 Å². The highest BCUT2D eigenvalue weighted by Crippen LogP contribution is 2.22. The Morgan fingerprint density at radius 1 is 1.13 bits per heavy atom. The minimum atomic E-state index is 0.890. The van der Waals surface area contributed by atoms with Crippen molar-refractivity contribution in [3.63, 3.8) is 0 Å². The van der Waals surface area contributed by atoms with Gasteiger partial charge in [0.15, 0.2) is 0 Å². The van der Waals surface area contributed by atoms with Crippen LogP contribution >= 0.6 is 0 Å². The molecule has 0 bridgehead atoms. The lowest BCUT2D eigenvalue weighted by molar-refractivity contribution is 0.184. The van der Waals surface area contributed by atoms with Crippen molar-refractivity contribution in [1.29, 1.82) is 0 Å². The van der Waals surface area contributed by atoms with E-state index in [1.54, 1.807) is 7.11 Å². The van der Waals surface area contributed by atoms with Crippen LogP contribution in [-0.4, -0.2) is 25.2 Å². The smallest absolute Gasteiger partial charge is 0.0462 e. The van der Waals surface area contributed by atoms with Gasteiger partial charge in [-0.2, -0.15) is 0 Å². The summed E-state index contributed by atoms with van der Waals surface area (Å²) in [6.45, 7) is 4.34. The SMILES string of the molecule is COCCCCN1Cc2ccccc2C1. The van der Waals surface area contributed by atoms with Crippen LogP contribution in [0.5, 0.6) is 0 Å². The van der Waals surface area contributed by atoms with Gasteiger partial charge >= 0.3 is 0 Å². The molecule has 1 aromatic rings. The fraction of sp³-hybridized carbons (Fsp3) is 0.538. The first kappa shape index (κ1) is 10.7. The third-order valence-electron chi connectivity index (χ3n) is 2.98. The average molecular weight is 205 g/mol. The number of nitrogens with zero attached hydrogens (tertiary/aromatic N) is 1. The first-order valence-electron chi connectivity index (χ1n) is 5.68.